The van der Waals surface area contributed by atoms with Crippen molar-refractivity contribution in [2.24, 2.45) is 0 Å². The summed E-state index contributed by atoms with van der Waals surface area (Å²) >= 11 is 5.21. The predicted molar refractivity (Wildman–Crippen MR) is 53.6 cm³/mol. The maximum atomic E-state index is 10.6. The molecular weight excluding hydrogens is 362 g/mol. The van der Waals surface area contributed by atoms with Gasteiger partial charge in [-0.05, 0) is 0 Å². The van der Waals surface area contributed by atoms with Gasteiger partial charge in [-0.3, -0.25) is 0 Å². The summed E-state index contributed by atoms with van der Waals surface area (Å²) in [7, 11) is -3.47. The summed E-state index contributed by atoms with van der Waals surface area (Å²) in [4.78, 5) is 0. The van der Waals surface area contributed by atoms with Gasteiger partial charge in [0, 0.05) is 0 Å². The second kappa shape index (κ2) is 7.29. The summed E-state index contributed by atoms with van der Waals surface area (Å²) in [5.74, 6) is 0. The summed E-state index contributed by atoms with van der Waals surface area (Å²) in [6, 6.07) is 7.22. The molecule has 14 heavy (non-hydrogen) atoms. The van der Waals surface area contributed by atoms with Gasteiger partial charge in [-0.2, -0.15) is 0 Å². The molecule has 0 aliphatic rings. The van der Waals surface area contributed by atoms with Crippen LogP contribution < -0.4 is 51.4 Å². The van der Waals surface area contributed by atoms with E-state index in [-0.39, 0.29) is 58.0 Å². The Morgan fingerprint density at radius 3 is 2.36 bits per heavy atom. The minimum absolute atomic E-state index is 0. The number of hydrogen-bond donors (Lipinski definition) is 0. The molecule has 0 saturated carbocycles. The normalized spacial score (nSPS) is 14.1. The van der Waals surface area contributed by atoms with Gasteiger partial charge in [0.15, 0.2) is 0 Å². The number of benzene rings is 1. The second-order valence-corrected chi connectivity index (χ2v) is 6.83. The summed E-state index contributed by atoms with van der Waals surface area (Å²) < 4.78 is 26.7. The van der Waals surface area contributed by atoms with E-state index in [1.807, 2.05) is 26.5 Å². The molecule has 72 valence electrons. The molecule has 1 rings (SSSR count). The van der Waals surface area contributed by atoms with E-state index in [0.29, 0.717) is 0 Å². The van der Waals surface area contributed by atoms with E-state index in [4.69, 9.17) is 0 Å². The smallest absolute Gasteiger partial charge is 1.00 e. The van der Waals surface area contributed by atoms with Crippen LogP contribution in [0.5, 0.6) is 0 Å². The van der Waals surface area contributed by atoms with Crippen LogP contribution >= 0.6 is 15.9 Å². The van der Waals surface area contributed by atoms with Gasteiger partial charge in [0.25, 0.3) is 0 Å². The van der Waals surface area contributed by atoms with E-state index in [9.17, 15) is 8.76 Å². The summed E-state index contributed by atoms with van der Waals surface area (Å²) in [6.45, 7) is 0.0581. The summed E-state index contributed by atoms with van der Waals surface area (Å²) in [5.41, 5.74) is 0.807. The third kappa shape index (κ3) is 7.24. The van der Waals surface area contributed by atoms with Gasteiger partial charge in [-0.15, -0.1) is 0 Å². The van der Waals surface area contributed by atoms with Crippen molar-refractivity contribution in [2.75, 3.05) is 0 Å². The number of rotatable bonds is 3. The molecule has 0 aromatic heterocycles. The fourth-order valence-corrected chi connectivity index (χ4v) is 1.57. The SMILES string of the molecule is O=S([O-])(=[Se])OCc1ccc(Br)cc1.[K+]. The van der Waals surface area contributed by atoms with E-state index in [1.54, 1.807) is 12.1 Å². The Labute approximate surface area is 141 Å². The van der Waals surface area contributed by atoms with Crippen molar-refractivity contribution < 1.29 is 64.3 Å². The molecule has 0 N–H and O–H groups in total. The van der Waals surface area contributed by atoms with Crippen LogP contribution in [0.15, 0.2) is 28.7 Å². The average Bonchev–Trinajstić information content (AvgIpc) is 2.02. The Bertz CT molecular complexity index is 378. The molecule has 1 unspecified atom stereocenters. The van der Waals surface area contributed by atoms with E-state index < -0.39 is 8.42 Å². The summed E-state index contributed by atoms with van der Waals surface area (Å²) in [6.07, 6.45) is 0. The van der Waals surface area contributed by atoms with E-state index in [2.05, 4.69) is 20.1 Å². The molecule has 0 fully saturated rings. The predicted octanol–water partition coefficient (Wildman–Crippen LogP) is -1.62. The molecule has 1 aromatic rings. The topological polar surface area (TPSA) is 49.4 Å². The first-order valence-electron chi connectivity index (χ1n) is 3.32. The molecule has 0 heterocycles. The van der Waals surface area contributed by atoms with E-state index in [1.165, 1.54) is 0 Å². The van der Waals surface area contributed by atoms with Crippen molar-refractivity contribution in [3.63, 3.8) is 0 Å². The van der Waals surface area contributed by atoms with Crippen molar-refractivity contribution >= 4 is 38.7 Å². The van der Waals surface area contributed by atoms with Crippen molar-refractivity contribution in [1.82, 2.24) is 0 Å². The third-order valence-corrected chi connectivity index (χ3v) is 2.82. The van der Waals surface area contributed by atoms with Crippen molar-refractivity contribution in [3.8, 4) is 0 Å². The Balaban J connectivity index is 0.00000169. The first-order valence-corrected chi connectivity index (χ1v) is 7.54. The van der Waals surface area contributed by atoms with Crippen LogP contribution in [0.1, 0.15) is 5.56 Å². The van der Waals surface area contributed by atoms with Gasteiger partial charge >= 0.3 is 144 Å². The Morgan fingerprint density at radius 2 is 1.93 bits per heavy atom. The van der Waals surface area contributed by atoms with Crippen LogP contribution in [0.2, 0.25) is 0 Å². The van der Waals surface area contributed by atoms with Crippen molar-refractivity contribution in [3.05, 3.63) is 34.3 Å². The Kier molecular flexibility index (Phi) is 8.29. The molecular formula is C7H6BrKO3SSe. The summed E-state index contributed by atoms with van der Waals surface area (Å²) in [5, 5.41) is 0. The Morgan fingerprint density at radius 1 is 1.43 bits per heavy atom. The molecule has 0 saturated heterocycles. The molecule has 7 heteroatoms. The standard InChI is InChI=1S/C7H7BrO3SSe.K/c8-7-3-1-6(2-4-7)5-11-12(9,10)13;/h1-4H,5H2,(H,9,10,13);/q;+1/p-1. The minimum Gasteiger partial charge on any atom is 1.00 e. The quantitative estimate of drug-likeness (QED) is 0.603. The second-order valence-electron chi connectivity index (χ2n) is 2.30. The van der Waals surface area contributed by atoms with Gasteiger partial charge in [0.05, 0.1) is 0 Å². The maximum Gasteiger partial charge on any atom is 1.00 e. The largest absolute Gasteiger partial charge is 1.00 e. The third-order valence-electron chi connectivity index (χ3n) is 1.28. The fourth-order valence-electron chi connectivity index (χ4n) is 0.721. The van der Waals surface area contributed by atoms with Crippen LogP contribution in [0, 0.1) is 0 Å². The van der Waals surface area contributed by atoms with Crippen LogP contribution in [0.3, 0.4) is 0 Å². The van der Waals surface area contributed by atoms with Gasteiger partial charge in [0.2, 0.25) is 0 Å². The zero-order valence-electron chi connectivity index (χ0n) is 7.44. The first kappa shape index (κ1) is 15.9. The monoisotopic (exact) mass is 368 g/mol. The molecule has 0 aliphatic heterocycles. The van der Waals surface area contributed by atoms with Gasteiger partial charge < -0.3 is 0 Å². The van der Waals surface area contributed by atoms with E-state index in [0.717, 1.165) is 10.0 Å². The van der Waals surface area contributed by atoms with Crippen LogP contribution in [-0.2, 0) is 19.2 Å². The molecule has 0 spiro atoms. The Hall–Kier alpha value is 1.93. The molecule has 3 nitrogen and oxygen atoms in total. The number of hydrogen-bond acceptors (Lipinski definition) is 3. The number of halogens is 1. The maximum absolute atomic E-state index is 10.6. The van der Waals surface area contributed by atoms with Gasteiger partial charge in [0.1, 0.15) is 0 Å². The zero-order chi connectivity index (χ0) is 9.90. The van der Waals surface area contributed by atoms with Gasteiger partial charge in [-0.25, -0.2) is 0 Å². The van der Waals surface area contributed by atoms with Crippen molar-refractivity contribution in [2.45, 2.75) is 6.61 Å². The van der Waals surface area contributed by atoms with E-state index >= 15 is 0 Å². The van der Waals surface area contributed by atoms with Crippen molar-refractivity contribution in [1.29, 1.82) is 0 Å². The van der Waals surface area contributed by atoms with Crippen LogP contribution in [-0.4, -0.2) is 23.1 Å². The van der Waals surface area contributed by atoms with Crippen LogP contribution in [0.25, 0.3) is 0 Å². The zero-order valence-corrected chi connectivity index (χ0v) is 14.7. The first-order chi connectivity index (χ1) is 5.97. The average molecular weight is 368 g/mol. The molecule has 0 amide bonds. The van der Waals surface area contributed by atoms with Gasteiger partial charge in [-0.1, -0.05) is 0 Å². The molecule has 1 aromatic carbocycles. The fraction of sp³-hybridized carbons (Fsp3) is 0.143. The molecule has 0 radical (unpaired) electrons. The molecule has 1 atom stereocenters. The molecule has 0 bridgehead atoms. The minimum atomic E-state index is -3.47. The molecule has 0 aliphatic carbocycles. The van der Waals surface area contributed by atoms with Crippen LogP contribution in [0.4, 0.5) is 0 Å².